The Hall–Kier alpha value is -3.03. The van der Waals surface area contributed by atoms with Crippen molar-refractivity contribution in [2.45, 2.75) is 5.75 Å². The molecule has 7 heteroatoms. The van der Waals surface area contributed by atoms with Crippen LogP contribution in [0.4, 0.5) is 5.82 Å². The number of nitrogens with one attached hydrogen (secondary N) is 1. The number of hydrogen-bond acceptors (Lipinski definition) is 5. The fraction of sp³-hybridized carbons (Fsp3) is 0.100. The van der Waals surface area contributed by atoms with Gasteiger partial charge in [0.2, 0.25) is 0 Å². The SMILES string of the molecule is CNC(=O)c1ccc(-c2cc(-c3ccc(CS(=O)[O-])cc3)cnc2N)cc1. The van der Waals surface area contributed by atoms with Gasteiger partial charge in [-0.2, -0.15) is 0 Å². The lowest BCUT2D eigenvalue weighted by molar-refractivity contribution is 0.0963. The maximum absolute atomic E-state index is 11.7. The average molecular weight is 380 g/mol. The van der Waals surface area contributed by atoms with Crippen molar-refractivity contribution < 1.29 is 13.6 Å². The number of rotatable bonds is 5. The molecule has 0 spiro atoms. The number of benzene rings is 2. The highest BCUT2D eigenvalue weighted by Crippen LogP contribution is 2.30. The third-order valence-corrected chi connectivity index (χ3v) is 4.74. The average Bonchev–Trinajstić information content (AvgIpc) is 2.68. The van der Waals surface area contributed by atoms with Gasteiger partial charge in [0.05, 0.1) is 0 Å². The predicted octanol–water partition coefficient (Wildman–Crippen LogP) is 2.74. The van der Waals surface area contributed by atoms with Crippen LogP contribution in [-0.2, 0) is 16.8 Å². The fourth-order valence-electron chi connectivity index (χ4n) is 2.74. The summed E-state index contributed by atoms with van der Waals surface area (Å²) in [6.07, 6.45) is 1.68. The van der Waals surface area contributed by atoms with Gasteiger partial charge in [0, 0.05) is 35.7 Å². The van der Waals surface area contributed by atoms with Crippen LogP contribution >= 0.6 is 0 Å². The third kappa shape index (κ3) is 4.39. The highest BCUT2D eigenvalue weighted by atomic mass is 32.2. The van der Waals surface area contributed by atoms with E-state index in [4.69, 9.17) is 5.73 Å². The Kier molecular flexibility index (Phi) is 5.63. The van der Waals surface area contributed by atoms with Crippen molar-refractivity contribution in [2.75, 3.05) is 12.8 Å². The molecule has 0 aliphatic rings. The van der Waals surface area contributed by atoms with Crippen LogP contribution in [-0.4, -0.2) is 26.7 Å². The van der Waals surface area contributed by atoms with Gasteiger partial charge >= 0.3 is 0 Å². The second-order valence-corrected chi connectivity index (χ2v) is 6.85. The van der Waals surface area contributed by atoms with Crippen molar-refractivity contribution in [3.05, 3.63) is 71.9 Å². The minimum Gasteiger partial charge on any atom is -0.772 e. The van der Waals surface area contributed by atoms with Crippen LogP contribution in [0.25, 0.3) is 22.3 Å². The Labute approximate surface area is 159 Å². The number of carbonyl (C=O) groups excluding carboxylic acids is 1. The summed E-state index contributed by atoms with van der Waals surface area (Å²) in [6.45, 7) is 0. The van der Waals surface area contributed by atoms with E-state index in [1.165, 1.54) is 0 Å². The molecule has 1 heterocycles. The van der Waals surface area contributed by atoms with Crippen LogP contribution < -0.4 is 11.1 Å². The lowest BCUT2D eigenvalue weighted by Gasteiger charge is -2.10. The van der Waals surface area contributed by atoms with Crippen LogP contribution in [0.1, 0.15) is 15.9 Å². The van der Waals surface area contributed by atoms with Crippen molar-refractivity contribution in [2.24, 2.45) is 0 Å². The van der Waals surface area contributed by atoms with E-state index in [1.54, 1.807) is 37.5 Å². The molecule has 138 valence electrons. The van der Waals surface area contributed by atoms with Crippen LogP contribution in [0.15, 0.2) is 60.8 Å². The van der Waals surface area contributed by atoms with Gasteiger partial charge in [-0.3, -0.25) is 9.00 Å². The van der Waals surface area contributed by atoms with E-state index in [-0.39, 0.29) is 11.7 Å². The fourth-order valence-corrected chi connectivity index (χ4v) is 3.20. The highest BCUT2D eigenvalue weighted by molar-refractivity contribution is 7.78. The summed E-state index contributed by atoms with van der Waals surface area (Å²) in [7, 11) is 1.58. The minimum atomic E-state index is -2.11. The zero-order valence-corrected chi connectivity index (χ0v) is 15.5. The topological polar surface area (TPSA) is 108 Å². The molecule has 0 fully saturated rings. The van der Waals surface area contributed by atoms with Gasteiger partial charge in [-0.1, -0.05) is 47.5 Å². The molecule has 2 aromatic carbocycles. The normalized spacial score (nSPS) is 11.8. The summed E-state index contributed by atoms with van der Waals surface area (Å²) in [6, 6.07) is 16.3. The van der Waals surface area contributed by atoms with Crippen LogP contribution in [0.2, 0.25) is 0 Å². The van der Waals surface area contributed by atoms with Gasteiger partial charge in [-0.15, -0.1) is 0 Å². The zero-order chi connectivity index (χ0) is 19.4. The van der Waals surface area contributed by atoms with Gasteiger partial charge in [0.1, 0.15) is 5.82 Å². The number of hydrogen-bond donors (Lipinski definition) is 2. The number of carbonyl (C=O) groups is 1. The first-order chi connectivity index (χ1) is 13.0. The number of anilines is 1. The zero-order valence-electron chi connectivity index (χ0n) is 14.6. The van der Waals surface area contributed by atoms with Crippen molar-refractivity contribution in [3.63, 3.8) is 0 Å². The van der Waals surface area contributed by atoms with E-state index in [9.17, 15) is 13.6 Å². The van der Waals surface area contributed by atoms with Gasteiger partial charge in [0.25, 0.3) is 5.91 Å². The Morgan fingerprint density at radius 1 is 1.07 bits per heavy atom. The van der Waals surface area contributed by atoms with E-state index in [2.05, 4.69) is 10.3 Å². The van der Waals surface area contributed by atoms with E-state index in [1.807, 2.05) is 30.3 Å². The lowest BCUT2D eigenvalue weighted by atomic mass is 9.99. The number of nitrogens with zero attached hydrogens (tertiary/aromatic N) is 1. The summed E-state index contributed by atoms with van der Waals surface area (Å²) in [5.41, 5.74) is 10.7. The van der Waals surface area contributed by atoms with Crippen LogP contribution in [0.3, 0.4) is 0 Å². The maximum atomic E-state index is 11.7. The second kappa shape index (κ2) is 8.11. The summed E-state index contributed by atoms with van der Waals surface area (Å²) < 4.78 is 21.6. The first-order valence-electron chi connectivity index (χ1n) is 8.21. The van der Waals surface area contributed by atoms with Crippen LogP contribution in [0.5, 0.6) is 0 Å². The molecule has 3 aromatic rings. The van der Waals surface area contributed by atoms with Crippen molar-refractivity contribution in [1.82, 2.24) is 10.3 Å². The molecule has 0 saturated carbocycles. The summed E-state index contributed by atoms with van der Waals surface area (Å²) in [5, 5.41) is 2.58. The summed E-state index contributed by atoms with van der Waals surface area (Å²) >= 11 is -2.11. The Morgan fingerprint density at radius 3 is 2.30 bits per heavy atom. The van der Waals surface area contributed by atoms with Crippen LogP contribution in [0, 0.1) is 0 Å². The Morgan fingerprint density at radius 2 is 1.70 bits per heavy atom. The molecule has 6 nitrogen and oxygen atoms in total. The number of aromatic nitrogens is 1. The molecule has 0 saturated heterocycles. The number of nitrogens with two attached hydrogens (primary N) is 1. The van der Waals surface area contributed by atoms with E-state index in [0.29, 0.717) is 11.4 Å². The third-order valence-electron chi connectivity index (χ3n) is 4.18. The molecule has 1 atom stereocenters. The first-order valence-corrected chi connectivity index (χ1v) is 9.45. The molecule has 27 heavy (non-hydrogen) atoms. The standard InChI is InChI=1S/C20H19N3O3S/c1-22-20(24)16-8-6-15(7-9-16)18-10-17(11-23-19(18)21)14-4-2-13(3-5-14)12-27(25)26/h2-11H,12H2,1H3,(H2,21,23)(H,22,24)(H,25,26)/p-1. The summed E-state index contributed by atoms with van der Waals surface area (Å²) in [5.74, 6) is 0.230. The largest absolute Gasteiger partial charge is 0.772 e. The van der Waals surface area contributed by atoms with Gasteiger partial charge in [-0.25, -0.2) is 4.98 Å². The maximum Gasteiger partial charge on any atom is 0.251 e. The highest BCUT2D eigenvalue weighted by Gasteiger charge is 2.09. The van der Waals surface area contributed by atoms with Gasteiger partial charge in [-0.05, 0) is 34.9 Å². The molecule has 1 amide bonds. The molecule has 3 rings (SSSR count). The number of pyridine rings is 1. The first kappa shape index (κ1) is 18.8. The molecule has 1 aromatic heterocycles. The van der Waals surface area contributed by atoms with Crippen molar-refractivity contribution in [3.8, 4) is 22.3 Å². The van der Waals surface area contributed by atoms with E-state index >= 15 is 0 Å². The second-order valence-electron chi connectivity index (χ2n) is 5.96. The Bertz CT molecular complexity index is 986. The molecule has 1 unspecified atom stereocenters. The Balaban J connectivity index is 1.92. The molecule has 0 aliphatic carbocycles. The summed E-state index contributed by atoms with van der Waals surface area (Å²) in [4.78, 5) is 16.0. The molecule has 3 N–H and O–H groups in total. The monoisotopic (exact) mass is 380 g/mol. The van der Waals surface area contributed by atoms with Gasteiger partial charge < -0.3 is 15.6 Å². The number of amides is 1. The number of nitrogen functional groups attached to an aromatic ring is 1. The lowest BCUT2D eigenvalue weighted by Crippen LogP contribution is -2.17. The van der Waals surface area contributed by atoms with E-state index in [0.717, 1.165) is 27.8 Å². The minimum absolute atomic E-state index is 0.0107. The molecule has 0 aliphatic heterocycles. The smallest absolute Gasteiger partial charge is 0.251 e. The van der Waals surface area contributed by atoms with Gasteiger partial charge in [0.15, 0.2) is 0 Å². The molecule has 0 bridgehead atoms. The van der Waals surface area contributed by atoms with E-state index < -0.39 is 11.1 Å². The predicted molar refractivity (Wildman–Crippen MR) is 106 cm³/mol. The van der Waals surface area contributed by atoms with Crippen molar-refractivity contribution in [1.29, 1.82) is 0 Å². The van der Waals surface area contributed by atoms with Crippen molar-refractivity contribution >= 4 is 22.8 Å². The molecular weight excluding hydrogens is 362 g/mol. The molecule has 0 radical (unpaired) electrons. The molecular formula is C20H18N3O3S-. The quantitative estimate of drug-likeness (QED) is 0.662.